The Kier molecular flexibility index (Phi) is 6.28. The first-order valence-electron chi connectivity index (χ1n) is 16.8. The minimum absolute atomic E-state index is 0.0417. The highest BCUT2D eigenvalue weighted by molar-refractivity contribution is 6.16. The van der Waals surface area contributed by atoms with Crippen molar-refractivity contribution in [2.75, 3.05) is 0 Å². The van der Waals surface area contributed by atoms with Gasteiger partial charge < -0.3 is 8.83 Å². The summed E-state index contributed by atoms with van der Waals surface area (Å²) in [5.41, 5.74) is 12.0. The van der Waals surface area contributed by atoms with E-state index in [0.29, 0.717) is 0 Å². The fourth-order valence-corrected chi connectivity index (χ4v) is 7.70. The highest BCUT2D eigenvalue weighted by Gasteiger charge is 2.23. The zero-order valence-electron chi connectivity index (χ0n) is 26.6. The molecule has 2 aromatic heterocycles. The van der Waals surface area contributed by atoms with Crippen LogP contribution in [0.5, 0.6) is 0 Å². The van der Waals surface area contributed by atoms with E-state index in [1.807, 2.05) is 12.1 Å². The average molecular weight is 627 g/mol. The van der Waals surface area contributed by atoms with Crippen LogP contribution in [-0.2, 0) is 0 Å². The third-order valence-electron chi connectivity index (χ3n) is 10.0. The van der Waals surface area contributed by atoms with Gasteiger partial charge in [0.05, 0.1) is 0 Å². The number of benzene rings is 8. The summed E-state index contributed by atoms with van der Waals surface area (Å²) in [7, 11) is 0. The Morgan fingerprint density at radius 2 is 0.959 bits per heavy atom. The van der Waals surface area contributed by atoms with Crippen molar-refractivity contribution in [3.05, 3.63) is 193 Å². The predicted molar refractivity (Wildman–Crippen MR) is 203 cm³/mol. The fourth-order valence-electron chi connectivity index (χ4n) is 7.70. The molecular weight excluding hydrogens is 597 g/mol. The molecule has 230 valence electrons. The van der Waals surface area contributed by atoms with Crippen molar-refractivity contribution in [2.24, 2.45) is 0 Å². The van der Waals surface area contributed by atoms with E-state index in [9.17, 15) is 0 Å². The van der Waals surface area contributed by atoms with Crippen LogP contribution in [0.4, 0.5) is 0 Å². The van der Waals surface area contributed by atoms with E-state index in [2.05, 4.69) is 164 Å². The van der Waals surface area contributed by atoms with Crippen molar-refractivity contribution in [3.8, 4) is 22.3 Å². The molecule has 0 bridgehead atoms. The Hall–Kier alpha value is -6.38. The molecule has 0 radical (unpaired) electrons. The van der Waals surface area contributed by atoms with E-state index in [1.54, 1.807) is 0 Å². The summed E-state index contributed by atoms with van der Waals surface area (Å²) in [4.78, 5) is 0. The molecule has 10 aromatic rings. The summed E-state index contributed by atoms with van der Waals surface area (Å²) in [6.07, 6.45) is 0. The molecule has 10 rings (SSSR count). The lowest BCUT2D eigenvalue weighted by atomic mass is 9.83. The van der Waals surface area contributed by atoms with Gasteiger partial charge in [0.15, 0.2) is 0 Å². The molecule has 1 unspecified atom stereocenters. The number of hydrogen-bond donors (Lipinski definition) is 0. The van der Waals surface area contributed by atoms with Crippen molar-refractivity contribution in [3.63, 3.8) is 0 Å². The molecular formula is C47H30O2. The summed E-state index contributed by atoms with van der Waals surface area (Å²) in [5, 5.41) is 6.88. The van der Waals surface area contributed by atoms with Gasteiger partial charge in [-0.15, -0.1) is 0 Å². The van der Waals surface area contributed by atoms with Gasteiger partial charge in [0, 0.05) is 38.4 Å². The summed E-state index contributed by atoms with van der Waals surface area (Å²) in [5.74, 6) is -0.0417. The van der Waals surface area contributed by atoms with Crippen LogP contribution in [0.25, 0.3) is 76.9 Å². The quantitative estimate of drug-likeness (QED) is 0.178. The zero-order valence-corrected chi connectivity index (χ0v) is 26.6. The summed E-state index contributed by atoms with van der Waals surface area (Å²) in [6, 6.07) is 62.7. The number of para-hydroxylation sites is 2. The van der Waals surface area contributed by atoms with Gasteiger partial charge in [0.2, 0.25) is 0 Å². The van der Waals surface area contributed by atoms with Crippen LogP contribution >= 0.6 is 0 Å². The molecule has 2 nitrogen and oxygen atoms in total. The fraction of sp³-hybridized carbons (Fsp3) is 0.0213. The largest absolute Gasteiger partial charge is 0.456 e. The first-order chi connectivity index (χ1) is 24.3. The Morgan fingerprint density at radius 3 is 1.78 bits per heavy atom. The van der Waals surface area contributed by atoms with E-state index in [0.717, 1.165) is 60.4 Å². The summed E-state index contributed by atoms with van der Waals surface area (Å²) >= 11 is 0. The van der Waals surface area contributed by atoms with Crippen LogP contribution in [0.1, 0.15) is 22.6 Å². The second kappa shape index (κ2) is 11.1. The maximum atomic E-state index is 6.88. The van der Waals surface area contributed by atoms with E-state index in [-0.39, 0.29) is 5.92 Å². The smallest absolute Gasteiger partial charge is 0.143 e. The molecule has 0 aliphatic rings. The van der Waals surface area contributed by atoms with Crippen LogP contribution < -0.4 is 0 Å². The molecule has 0 aliphatic carbocycles. The second-order valence-corrected chi connectivity index (χ2v) is 12.8. The minimum Gasteiger partial charge on any atom is -0.456 e. The lowest BCUT2D eigenvalue weighted by molar-refractivity contribution is 0.664. The van der Waals surface area contributed by atoms with Crippen molar-refractivity contribution >= 4 is 54.6 Å². The van der Waals surface area contributed by atoms with Gasteiger partial charge >= 0.3 is 0 Å². The summed E-state index contributed by atoms with van der Waals surface area (Å²) in [6.45, 7) is 0. The number of rotatable bonds is 5. The number of furan rings is 2. The van der Waals surface area contributed by atoms with E-state index >= 15 is 0 Å². The lowest BCUT2D eigenvalue weighted by Gasteiger charge is -2.20. The monoisotopic (exact) mass is 626 g/mol. The minimum atomic E-state index is -0.0417. The Bertz CT molecular complexity index is 2800. The van der Waals surface area contributed by atoms with Gasteiger partial charge in [-0.05, 0) is 57.0 Å². The standard InChI is InChI=1S/C47H30O2/c1-2-10-30(11-3-1)31-20-24-34(25-21-31)44(41-17-8-16-38-39-29-28-32-12-4-5-13-37(32)46(39)49-47(38)41)35-26-22-33(23-27-35)36-15-9-19-43-45(36)40-14-6-7-18-42(40)48-43/h1-29,44H. The van der Waals surface area contributed by atoms with E-state index in [4.69, 9.17) is 8.83 Å². The molecule has 2 heterocycles. The van der Waals surface area contributed by atoms with Crippen molar-refractivity contribution < 1.29 is 8.83 Å². The zero-order chi connectivity index (χ0) is 32.3. The van der Waals surface area contributed by atoms with Gasteiger partial charge in [0.25, 0.3) is 0 Å². The molecule has 0 amide bonds. The molecule has 0 saturated carbocycles. The van der Waals surface area contributed by atoms with Crippen LogP contribution in [-0.4, -0.2) is 0 Å². The maximum absolute atomic E-state index is 6.88. The molecule has 2 heteroatoms. The van der Waals surface area contributed by atoms with Gasteiger partial charge in [0.1, 0.15) is 22.3 Å². The van der Waals surface area contributed by atoms with Gasteiger partial charge in [-0.3, -0.25) is 0 Å². The second-order valence-electron chi connectivity index (χ2n) is 12.8. The van der Waals surface area contributed by atoms with Crippen LogP contribution in [0.2, 0.25) is 0 Å². The first-order valence-corrected chi connectivity index (χ1v) is 16.8. The maximum Gasteiger partial charge on any atom is 0.143 e. The molecule has 0 saturated heterocycles. The highest BCUT2D eigenvalue weighted by Crippen LogP contribution is 2.43. The topological polar surface area (TPSA) is 26.3 Å². The predicted octanol–water partition coefficient (Wildman–Crippen LogP) is 13.2. The Labute approximate surface area is 283 Å². The van der Waals surface area contributed by atoms with Crippen LogP contribution in [0.15, 0.2) is 185 Å². The molecule has 0 fully saturated rings. The third kappa shape index (κ3) is 4.49. The molecule has 0 spiro atoms. The van der Waals surface area contributed by atoms with Crippen molar-refractivity contribution in [1.29, 1.82) is 0 Å². The number of hydrogen-bond acceptors (Lipinski definition) is 2. The normalized spacial score (nSPS) is 12.4. The van der Waals surface area contributed by atoms with Gasteiger partial charge in [-0.25, -0.2) is 0 Å². The van der Waals surface area contributed by atoms with E-state index < -0.39 is 0 Å². The Balaban J connectivity index is 1.15. The first kappa shape index (κ1) is 27.7. The third-order valence-corrected chi connectivity index (χ3v) is 10.0. The van der Waals surface area contributed by atoms with Crippen LogP contribution in [0, 0.1) is 0 Å². The van der Waals surface area contributed by atoms with Gasteiger partial charge in [-0.2, -0.15) is 0 Å². The molecule has 0 N–H and O–H groups in total. The highest BCUT2D eigenvalue weighted by atomic mass is 16.3. The molecule has 0 aliphatic heterocycles. The van der Waals surface area contributed by atoms with Crippen molar-refractivity contribution in [2.45, 2.75) is 5.92 Å². The molecule has 8 aromatic carbocycles. The SMILES string of the molecule is c1ccc(-c2ccc(C(c3ccc(-c4cccc5oc6ccccc6c45)cc3)c3cccc4c3oc3c5ccccc5ccc43)cc2)cc1. The molecule has 1 atom stereocenters. The molecule has 49 heavy (non-hydrogen) atoms. The van der Waals surface area contributed by atoms with E-state index in [1.165, 1.54) is 33.2 Å². The lowest BCUT2D eigenvalue weighted by Crippen LogP contribution is -2.04. The summed E-state index contributed by atoms with van der Waals surface area (Å²) < 4.78 is 13.1. The number of fused-ring (bicyclic) bond motifs is 8. The van der Waals surface area contributed by atoms with Crippen LogP contribution in [0.3, 0.4) is 0 Å². The van der Waals surface area contributed by atoms with Crippen molar-refractivity contribution in [1.82, 2.24) is 0 Å². The Morgan fingerprint density at radius 1 is 0.347 bits per heavy atom. The average Bonchev–Trinajstić information content (AvgIpc) is 3.75. The van der Waals surface area contributed by atoms with Gasteiger partial charge in [-0.1, -0.05) is 158 Å².